The third-order valence-electron chi connectivity index (χ3n) is 4.97. The van der Waals surface area contributed by atoms with E-state index in [1.807, 2.05) is 18.2 Å². The van der Waals surface area contributed by atoms with Crippen LogP contribution in [0.15, 0.2) is 54.7 Å². The van der Waals surface area contributed by atoms with Crippen LogP contribution < -0.4 is 0 Å². The molecule has 1 saturated heterocycles. The number of nitrogens with zero attached hydrogens (tertiary/aromatic N) is 2. The first-order valence-corrected chi connectivity index (χ1v) is 8.62. The molecule has 2 aliphatic heterocycles. The van der Waals surface area contributed by atoms with E-state index < -0.39 is 11.7 Å². The standard InChI is InChI=1S/C20H19F3N2O/c21-20(22,23)16-6-7-19(24-10-16)15-8-17-12-26-13-18(9-15)25(17)11-14-4-2-1-3-5-14/h1-8,10,17-18H,9,11-13H2. The van der Waals surface area contributed by atoms with Crippen LogP contribution in [0.2, 0.25) is 0 Å². The summed E-state index contributed by atoms with van der Waals surface area (Å²) >= 11 is 0. The summed E-state index contributed by atoms with van der Waals surface area (Å²) < 4.78 is 43.9. The van der Waals surface area contributed by atoms with Crippen molar-refractivity contribution in [3.8, 4) is 0 Å². The van der Waals surface area contributed by atoms with Gasteiger partial charge in [-0.2, -0.15) is 13.2 Å². The van der Waals surface area contributed by atoms with Gasteiger partial charge < -0.3 is 4.74 Å². The number of benzene rings is 1. The Balaban J connectivity index is 1.56. The van der Waals surface area contributed by atoms with Gasteiger partial charge in [0.2, 0.25) is 0 Å². The number of halogens is 3. The summed E-state index contributed by atoms with van der Waals surface area (Å²) in [4.78, 5) is 6.47. The minimum Gasteiger partial charge on any atom is -0.378 e. The maximum Gasteiger partial charge on any atom is 0.417 e. The molecule has 0 spiro atoms. The second-order valence-corrected chi connectivity index (χ2v) is 6.74. The third kappa shape index (κ3) is 3.52. The fraction of sp³-hybridized carbons (Fsp3) is 0.350. The smallest absolute Gasteiger partial charge is 0.378 e. The number of aromatic nitrogens is 1. The number of hydrogen-bond donors (Lipinski definition) is 0. The maximum absolute atomic E-state index is 12.7. The average molecular weight is 360 g/mol. The van der Waals surface area contributed by atoms with Gasteiger partial charge in [0.25, 0.3) is 0 Å². The number of rotatable bonds is 3. The topological polar surface area (TPSA) is 25.4 Å². The zero-order valence-electron chi connectivity index (χ0n) is 14.1. The molecule has 26 heavy (non-hydrogen) atoms. The molecule has 2 aromatic rings. The predicted octanol–water partition coefficient (Wildman–Crippen LogP) is 4.16. The summed E-state index contributed by atoms with van der Waals surface area (Å²) in [5.41, 5.74) is 2.15. The minimum atomic E-state index is -4.36. The number of morpholine rings is 1. The lowest BCUT2D eigenvalue weighted by Crippen LogP contribution is -2.53. The van der Waals surface area contributed by atoms with Crippen molar-refractivity contribution in [2.24, 2.45) is 0 Å². The van der Waals surface area contributed by atoms with E-state index in [2.05, 4.69) is 28.1 Å². The fourth-order valence-corrected chi connectivity index (χ4v) is 3.64. The van der Waals surface area contributed by atoms with Crippen LogP contribution in [0.25, 0.3) is 5.57 Å². The van der Waals surface area contributed by atoms with Crippen LogP contribution in [0.1, 0.15) is 23.2 Å². The summed E-state index contributed by atoms with van der Waals surface area (Å²) in [6.45, 7) is 2.05. The molecule has 2 unspecified atom stereocenters. The van der Waals surface area contributed by atoms with Crippen molar-refractivity contribution < 1.29 is 17.9 Å². The SMILES string of the molecule is FC(F)(F)c1ccc(C2=CC3COCC(C2)N3Cc2ccccc2)nc1. The molecule has 1 aromatic carbocycles. The molecule has 4 rings (SSSR count). The first kappa shape index (κ1) is 17.2. The average Bonchev–Trinajstić information content (AvgIpc) is 2.62. The van der Waals surface area contributed by atoms with Gasteiger partial charge in [-0.3, -0.25) is 9.88 Å². The monoisotopic (exact) mass is 360 g/mol. The largest absolute Gasteiger partial charge is 0.417 e. The van der Waals surface area contributed by atoms with Gasteiger partial charge in [0.05, 0.1) is 30.5 Å². The van der Waals surface area contributed by atoms with E-state index in [4.69, 9.17) is 4.74 Å². The van der Waals surface area contributed by atoms with Gasteiger partial charge in [-0.15, -0.1) is 0 Å². The molecule has 1 fully saturated rings. The molecule has 3 heterocycles. The minimum absolute atomic E-state index is 0.113. The van der Waals surface area contributed by atoms with Crippen molar-refractivity contribution in [1.29, 1.82) is 0 Å². The quantitative estimate of drug-likeness (QED) is 0.822. The molecule has 1 aromatic heterocycles. The van der Waals surface area contributed by atoms with Crippen molar-refractivity contribution in [3.63, 3.8) is 0 Å². The molecule has 0 N–H and O–H groups in total. The lowest BCUT2D eigenvalue weighted by atomic mass is 9.91. The summed E-state index contributed by atoms with van der Waals surface area (Å²) in [6.07, 6.45) is -0.627. The zero-order valence-corrected chi connectivity index (χ0v) is 14.1. The van der Waals surface area contributed by atoms with Gasteiger partial charge in [-0.05, 0) is 29.7 Å². The Kier molecular flexibility index (Phi) is 4.54. The molecule has 0 radical (unpaired) electrons. The Morgan fingerprint density at radius 1 is 1.08 bits per heavy atom. The maximum atomic E-state index is 12.7. The second kappa shape index (κ2) is 6.85. The van der Waals surface area contributed by atoms with E-state index in [9.17, 15) is 13.2 Å². The Hall–Kier alpha value is -2.18. The van der Waals surface area contributed by atoms with Gasteiger partial charge in [0.1, 0.15) is 0 Å². The van der Waals surface area contributed by atoms with Crippen molar-refractivity contribution in [2.75, 3.05) is 13.2 Å². The molecule has 136 valence electrons. The van der Waals surface area contributed by atoms with E-state index >= 15 is 0 Å². The van der Waals surface area contributed by atoms with Gasteiger partial charge in [0, 0.05) is 18.8 Å². The Labute approximate surface area is 150 Å². The van der Waals surface area contributed by atoms with Crippen LogP contribution in [-0.2, 0) is 17.5 Å². The lowest BCUT2D eigenvalue weighted by Gasteiger charge is -2.44. The third-order valence-corrected chi connectivity index (χ3v) is 4.97. The normalized spacial score (nSPS) is 23.6. The molecule has 2 bridgehead atoms. The molecule has 0 saturated carbocycles. The predicted molar refractivity (Wildman–Crippen MR) is 92.2 cm³/mol. The molecule has 2 aliphatic rings. The first-order valence-electron chi connectivity index (χ1n) is 8.62. The number of hydrogen-bond acceptors (Lipinski definition) is 3. The van der Waals surface area contributed by atoms with Crippen molar-refractivity contribution in [3.05, 3.63) is 71.6 Å². The molecule has 0 amide bonds. The number of ether oxygens (including phenoxy) is 1. The highest BCUT2D eigenvalue weighted by Crippen LogP contribution is 2.34. The molecular weight excluding hydrogens is 341 g/mol. The first-order chi connectivity index (χ1) is 12.5. The van der Waals surface area contributed by atoms with Crippen molar-refractivity contribution in [2.45, 2.75) is 31.2 Å². The van der Waals surface area contributed by atoms with Crippen LogP contribution in [0, 0.1) is 0 Å². The second-order valence-electron chi connectivity index (χ2n) is 6.74. The Morgan fingerprint density at radius 3 is 2.54 bits per heavy atom. The summed E-state index contributed by atoms with van der Waals surface area (Å²) in [7, 11) is 0. The summed E-state index contributed by atoms with van der Waals surface area (Å²) in [5.74, 6) is 0. The van der Waals surface area contributed by atoms with Crippen LogP contribution >= 0.6 is 0 Å². The lowest BCUT2D eigenvalue weighted by molar-refractivity contribution is -0.137. The summed E-state index contributed by atoms with van der Waals surface area (Å²) in [5, 5.41) is 0. The van der Waals surface area contributed by atoms with Crippen LogP contribution in [-0.4, -0.2) is 35.2 Å². The van der Waals surface area contributed by atoms with Gasteiger partial charge in [0.15, 0.2) is 0 Å². The zero-order chi connectivity index (χ0) is 18.1. The fourth-order valence-electron chi connectivity index (χ4n) is 3.64. The van der Waals surface area contributed by atoms with E-state index in [1.54, 1.807) is 0 Å². The van der Waals surface area contributed by atoms with E-state index in [-0.39, 0.29) is 12.1 Å². The molecule has 0 aliphatic carbocycles. The van der Waals surface area contributed by atoms with Gasteiger partial charge in [-0.25, -0.2) is 0 Å². The van der Waals surface area contributed by atoms with Crippen LogP contribution in [0.4, 0.5) is 13.2 Å². The molecule has 6 heteroatoms. The Morgan fingerprint density at radius 2 is 1.88 bits per heavy atom. The van der Waals surface area contributed by atoms with Crippen LogP contribution in [0.3, 0.4) is 0 Å². The highest BCUT2D eigenvalue weighted by atomic mass is 19.4. The number of pyridine rings is 1. The van der Waals surface area contributed by atoms with E-state index in [1.165, 1.54) is 11.6 Å². The van der Waals surface area contributed by atoms with Crippen molar-refractivity contribution >= 4 is 5.57 Å². The van der Waals surface area contributed by atoms with E-state index in [0.29, 0.717) is 18.9 Å². The summed E-state index contributed by atoms with van der Waals surface area (Å²) in [6, 6.07) is 13.2. The molecule has 3 nitrogen and oxygen atoms in total. The highest BCUT2D eigenvalue weighted by molar-refractivity contribution is 5.65. The van der Waals surface area contributed by atoms with Gasteiger partial charge in [-0.1, -0.05) is 36.4 Å². The van der Waals surface area contributed by atoms with E-state index in [0.717, 1.165) is 30.8 Å². The highest BCUT2D eigenvalue weighted by Gasteiger charge is 2.35. The number of alkyl halides is 3. The van der Waals surface area contributed by atoms with Crippen LogP contribution in [0.5, 0.6) is 0 Å². The van der Waals surface area contributed by atoms with Crippen molar-refractivity contribution in [1.82, 2.24) is 9.88 Å². The Bertz CT molecular complexity index is 787. The molecular formula is C20H19F3N2O. The molecule has 2 atom stereocenters. The van der Waals surface area contributed by atoms with Gasteiger partial charge >= 0.3 is 6.18 Å². The number of fused-ring (bicyclic) bond motifs is 2.